The molecule has 0 bridgehead atoms. The molecule has 2 nitrogen and oxygen atoms in total. The molecule has 2 fully saturated rings. The normalized spacial score (nSPS) is 26.6. The highest BCUT2D eigenvalue weighted by atomic mass is 16.5. The van der Waals surface area contributed by atoms with Crippen LogP contribution in [0.2, 0.25) is 0 Å². The van der Waals surface area contributed by atoms with Gasteiger partial charge in [0.15, 0.2) is 0 Å². The van der Waals surface area contributed by atoms with Crippen molar-refractivity contribution in [3.8, 4) is 0 Å². The van der Waals surface area contributed by atoms with E-state index in [1.165, 1.54) is 49.7 Å². The number of hydrogen-bond donors (Lipinski definition) is 1. The summed E-state index contributed by atoms with van der Waals surface area (Å²) >= 11 is 0. The van der Waals surface area contributed by atoms with Gasteiger partial charge in [0.05, 0.1) is 12.7 Å². The highest BCUT2D eigenvalue weighted by Crippen LogP contribution is 2.36. The van der Waals surface area contributed by atoms with Crippen molar-refractivity contribution in [2.75, 3.05) is 13.2 Å². The van der Waals surface area contributed by atoms with Crippen LogP contribution in [0, 0.1) is 6.92 Å². The summed E-state index contributed by atoms with van der Waals surface area (Å²) in [6.45, 7) is 4.08. The van der Waals surface area contributed by atoms with Crippen LogP contribution in [-0.2, 0) is 4.74 Å². The molecule has 1 N–H and O–H groups in total. The van der Waals surface area contributed by atoms with Crippen molar-refractivity contribution in [2.24, 2.45) is 0 Å². The van der Waals surface area contributed by atoms with E-state index >= 15 is 0 Å². The molecule has 0 radical (unpaired) electrons. The summed E-state index contributed by atoms with van der Waals surface area (Å²) in [6.07, 6.45) is 8.40. The third kappa shape index (κ3) is 3.62. The van der Waals surface area contributed by atoms with Gasteiger partial charge in [0.25, 0.3) is 0 Å². The van der Waals surface area contributed by atoms with E-state index in [1.54, 1.807) is 0 Å². The van der Waals surface area contributed by atoms with E-state index in [0.29, 0.717) is 12.1 Å². The van der Waals surface area contributed by atoms with Gasteiger partial charge in [-0.15, -0.1) is 0 Å². The molecule has 0 saturated heterocycles. The van der Waals surface area contributed by atoms with Gasteiger partial charge in [0.2, 0.25) is 0 Å². The SMILES string of the molecule is Cc1cccc(C2CC(NCCOC3CCCC3)C2)c1. The molecule has 2 aliphatic rings. The molecule has 3 rings (SSSR count). The van der Waals surface area contributed by atoms with E-state index in [9.17, 15) is 0 Å². The van der Waals surface area contributed by atoms with Crippen LogP contribution >= 0.6 is 0 Å². The molecule has 0 aromatic heterocycles. The predicted octanol–water partition coefficient (Wildman–Crippen LogP) is 3.79. The first-order valence-electron chi connectivity index (χ1n) is 8.23. The van der Waals surface area contributed by atoms with Crippen molar-refractivity contribution in [1.29, 1.82) is 0 Å². The summed E-state index contributed by atoms with van der Waals surface area (Å²) in [4.78, 5) is 0. The van der Waals surface area contributed by atoms with Gasteiger partial charge in [-0.2, -0.15) is 0 Å². The van der Waals surface area contributed by atoms with Crippen LogP contribution in [-0.4, -0.2) is 25.3 Å². The Labute approximate surface area is 122 Å². The van der Waals surface area contributed by atoms with Crippen LogP contribution < -0.4 is 5.32 Å². The third-order valence-corrected chi connectivity index (χ3v) is 4.84. The van der Waals surface area contributed by atoms with Crippen molar-refractivity contribution in [1.82, 2.24) is 5.32 Å². The number of rotatable bonds is 6. The average Bonchev–Trinajstić information content (AvgIpc) is 2.89. The van der Waals surface area contributed by atoms with E-state index in [-0.39, 0.29) is 0 Å². The van der Waals surface area contributed by atoms with E-state index in [4.69, 9.17) is 4.74 Å². The minimum atomic E-state index is 0.554. The maximum absolute atomic E-state index is 5.89. The van der Waals surface area contributed by atoms with Crippen molar-refractivity contribution >= 4 is 0 Å². The highest BCUT2D eigenvalue weighted by Gasteiger charge is 2.29. The maximum atomic E-state index is 5.89. The number of hydrogen-bond acceptors (Lipinski definition) is 2. The van der Waals surface area contributed by atoms with E-state index < -0.39 is 0 Å². The van der Waals surface area contributed by atoms with E-state index in [2.05, 4.69) is 36.5 Å². The molecular formula is C18H27NO. The fraction of sp³-hybridized carbons (Fsp3) is 0.667. The standard InChI is InChI=1S/C18H27NO/c1-14-5-4-6-15(11-14)16-12-17(13-16)19-9-10-20-18-7-2-3-8-18/h4-6,11,16-19H,2-3,7-10,12-13H2,1H3. The van der Waals surface area contributed by atoms with Crippen LogP contribution in [0.25, 0.3) is 0 Å². The lowest BCUT2D eigenvalue weighted by Crippen LogP contribution is -2.41. The topological polar surface area (TPSA) is 21.3 Å². The molecule has 1 aromatic rings. The van der Waals surface area contributed by atoms with Gasteiger partial charge in [-0.3, -0.25) is 0 Å². The second-order valence-electron chi connectivity index (χ2n) is 6.51. The Bertz CT molecular complexity index is 419. The molecule has 0 spiro atoms. The zero-order valence-corrected chi connectivity index (χ0v) is 12.6. The van der Waals surface area contributed by atoms with Gasteiger partial charge in [-0.1, -0.05) is 42.7 Å². The summed E-state index contributed by atoms with van der Waals surface area (Å²) < 4.78 is 5.89. The Morgan fingerprint density at radius 1 is 1.20 bits per heavy atom. The minimum Gasteiger partial charge on any atom is -0.377 e. The number of ether oxygens (including phenoxy) is 1. The fourth-order valence-corrected chi connectivity index (χ4v) is 3.52. The second kappa shape index (κ2) is 6.73. The largest absolute Gasteiger partial charge is 0.377 e. The molecule has 0 heterocycles. The second-order valence-corrected chi connectivity index (χ2v) is 6.51. The maximum Gasteiger partial charge on any atom is 0.0594 e. The van der Waals surface area contributed by atoms with Crippen molar-refractivity contribution < 1.29 is 4.74 Å². The Morgan fingerprint density at radius 3 is 2.75 bits per heavy atom. The molecule has 0 aliphatic heterocycles. The lowest BCUT2D eigenvalue weighted by atomic mass is 9.75. The van der Waals surface area contributed by atoms with Crippen LogP contribution in [0.15, 0.2) is 24.3 Å². The lowest BCUT2D eigenvalue weighted by molar-refractivity contribution is 0.0571. The summed E-state index contributed by atoms with van der Waals surface area (Å²) in [5.41, 5.74) is 2.90. The first kappa shape index (κ1) is 14.1. The Balaban J connectivity index is 1.30. The smallest absolute Gasteiger partial charge is 0.0594 e. The fourth-order valence-electron chi connectivity index (χ4n) is 3.52. The molecule has 2 heteroatoms. The summed E-state index contributed by atoms with van der Waals surface area (Å²) in [5, 5.41) is 3.63. The van der Waals surface area contributed by atoms with Gasteiger partial charge in [-0.25, -0.2) is 0 Å². The minimum absolute atomic E-state index is 0.554. The van der Waals surface area contributed by atoms with E-state index in [1.807, 2.05) is 0 Å². The van der Waals surface area contributed by atoms with Gasteiger partial charge >= 0.3 is 0 Å². The van der Waals surface area contributed by atoms with Crippen LogP contribution in [0.5, 0.6) is 0 Å². The predicted molar refractivity (Wildman–Crippen MR) is 83.2 cm³/mol. The zero-order chi connectivity index (χ0) is 13.8. The van der Waals surface area contributed by atoms with Gasteiger partial charge in [0.1, 0.15) is 0 Å². The van der Waals surface area contributed by atoms with Crippen molar-refractivity contribution in [3.63, 3.8) is 0 Å². The van der Waals surface area contributed by atoms with Crippen molar-refractivity contribution in [3.05, 3.63) is 35.4 Å². The molecule has 0 atom stereocenters. The lowest BCUT2D eigenvalue weighted by Gasteiger charge is -2.36. The Morgan fingerprint density at radius 2 is 2.00 bits per heavy atom. The molecule has 0 amide bonds. The van der Waals surface area contributed by atoms with E-state index in [0.717, 1.165) is 19.1 Å². The number of aryl methyl sites for hydroxylation is 1. The van der Waals surface area contributed by atoms with Crippen LogP contribution in [0.1, 0.15) is 55.6 Å². The molecule has 0 unspecified atom stereocenters. The number of nitrogens with one attached hydrogen (secondary N) is 1. The molecule has 110 valence electrons. The highest BCUT2D eigenvalue weighted by molar-refractivity contribution is 5.27. The monoisotopic (exact) mass is 273 g/mol. The molecule has 1 aromatic carbocycles. The first-order valence-corrected chi connectivity index (χ1v) is 8.23. The quantitative estimate of drug-likeness (QED) is 0.796. The molecule has 20 heavy (non-hydrogen) atoms. The van der Waals surface area contributed by atoms with Crippen LogP contribution in [0.4, 0.5) is 0 Å². The Kier molecular flexibility index (Phi) is 4.74. The first-order chi connectivity index (χ1) is 9.81. The van der Waals surface area contributed by atoms with Crippen molar-refractivity contribution in [2.45, 2.75) is 63.5 Å². The summed E-state index contributed by atoms with van der Waals surface area (Å²) in [5.74, 6) is 0.767. The molecule has 2 aliphatic carbocycles. The summed E-state index contributed by atoms with van der Waals surface area (Å²) in [6, 6.07) is 9.67. The number of benzene rings is 1. The van der Waals surface area contributed by atoms with Gasteiger partial charge < -0.3 is 10.1 Å². The average molecular weight is 273 g/mol. The molecular weight excluding hydrogens is 246 g/mol. The zero-order valence-electron chi connectivity index (χ0n) is 12.6. The Hall–Kier alpha value is -0.860. The molecule has 2 saturated carbocycles. The van der Waals surface area contributed by atoms with Gasteiger partial charge in [0, 0.05) is 12.6 Å². The summed E-state index contributed by atoms with van der Waals surface area (Å²) in [7, 11) is 0. The van der Waals surface area contributed by atoms with Crippen LogP contribution in [0.3, 0.4) is 0 Å². The van der Waals surface area contributed by atoms with Gasteiger partial charge in [-0.05, 0) is 44.1 Å². The third-order valence-electron chi connectivity index (χ3n) is 4.84.